The van der Waals surface area contributed by atoms with Gasteiger partial charge in [0.05, 0.1) is 7.11 Å². The maximum Gasteiger partial charge on any atom is 0.302 e. The number of esters is 1. The molecule has 1 heterocycles. The predicted octanol–water partition coefficient (Wildman–Crippen LogP) is 0.949. The number of carbonyl (C=O) groups is 1. The summed E-state index contributed by atoms with van der Waals surface area (Å²) in [4.78, 5) is 9.59. The van der Waals surface area contributed by atoms with Gasteiger partial charge in [0.25, 0.3) is 0 Å². The van der Waals surface area contributed by atoms with E-state index in [4.69, 9.17) is 9.47 Å². The number of hydrogen-bond acceptors (Lipinski definition) is 4. The van der Waals surface area contributed by atoms with Crippen LogP contribution in [0.5, 0.6) is 0 Å². The van der Waals surface area contributed by atoms with Gasteiger partial charge in [-0.3, -0.25) is 4.79 Å². The van der Waals surface area contributed by atoms with Gasteiger partial charge in [-0.1, -0.05) is 0 Å². The summed E-state index contributed by atoms with van der Waals surface area (Å²) in [5.41, 5.74) is 0. The third-order valence-electron chi connectivity index (χ3n) is 1.44. The Bertz CT molecular complexity index is 118. The van der Waals surface area contributed by atoms with Crippen LogP contribution in [0.2, 0.25) is 0 Å². The van der Waals surface area contributed by atoms with E-state index in [1.165, 1.54) is 14.0 Å². The predicted molar refractivity (Wildman–Crippen MR) is 43.7 cm³/mol. The maximum atomic E-state index is 9.59. The molecule has 1 fully saturated rings. The highest BCUT2D eigenvalue weighted by Crippen LogP contribution is 2.10. The van der Waals surface area contributed by atoms with E-state index in [1.807, 2.05) is 0 Å². The van der Waals surface area contributed by atoms with E-state index in [2.05, 4.69) is 4.74 Å². The van der Waals surface area contributed by atoms with Gasteiger partial charge in [-0.15, -0.1) is 0 Å². The minimum absolute atomic E-state index is 0.0972. The van der Waals surface area contributed by atoms with Gasteiger partial charge in [0.1, 0.15) is 0 Å². The van der Waals surface area contributed by atoms with Gasteiger partial charge < -0.3 is 14.2 Å². The van der Waals surface area contributed by atoms with Gasteiger partial charge in [0, 0.05) is 27.1 Å². The lowest BCUT2D eigenvalue weighted by molar-refractivity contribution is -0.137. The normalized spacial score (nSPS) is 21.1. The molecule has 1 saturated heterocycles. The number of rotatable bonds is 1. The van der Waals surface area contributed by atoms with Crippen molar-refractivity contribution < 1.29 is 19.0 Å². The zero-order chi connectivity index (χ0) is 9.40. The lowest BCUT2D eigenvalue weighted by Gasteiger charge is -2.03. The van der Waals surface area contributed by atoms with Crippen LogP contribution in [0.3, 0.4) is 0 Å². The zero-order valence-corrected chi connectivity index (χ0v) is 7.83. The van der Waals surface area contributed by atoms with Crippen molar-refractivity contribution in [1.29, 1.82) is 0 Å². The molecule has 0 amide bonds. The van der Waals surface area contributed by atoms with Crippen molar-refractivity contribution in [3.05, 3.63) is 0 Å². The van der Waals surface area contributed by atoms with Crippen LogP contribution in [0, 0.1) is 0 Å². The summed E-state index contributed by atoms with van der Waals surface area (Å²) < 4.78 is 14.1. The Kier molecular flexibility index (Phi) is 6.70. The van der Waals surface area contributed by atoms with E-state index in [0.29, 0.717) is 0 Å². The molecular weight excluding hydrogens is 160 g/mol. The van der Waals surface area contributed by atoms with E-state index in [9.17, 15) is 4.79 Å². The van der Waals surface area contributed by atoms with Crippen LogP contribution in [-0.4, -0.2) is 33.1 Å². The lowest BCUT2D eigenvalue weighted by atomic mass is 10.4. The monoisotopic (exact) mass is 176 g/mol. The summed E-state index contributed by atoms with van der Waals surface area (Å²) in [7, 11) is 3.03. The molecule has 0 saturated carbocycles. The van der Waals surface area contributed by atoms with Crippen LogP contribution < -0.4 is 0 Å². The first-order chi connectivity index (χ1) is 5.70. The van der Waals surface area contributed by atoms with Crippen LogP contribution >= 0.6 is 0 Å². The summed E-state index contributed by atoms with van der Waals surface area (Å²) in [5.74, 6) is -0.245. The fourth-order valence-electron chi connectivity index (χ4n) is 0.734. The second-order valence-electron chi connectivity index (χ2n) is 2.37. The number of ether oxygens (including phenoxy) is 3. The van der Waals surface area contributed by atoms with Crippen LogP contribution in [0.25, 0.3) is 0 Å². The van der Waals surface area contributed by atoms with Crippen molar-refractivity contribution in [3.8, 4) is 0 Å². The average Bonchev–Trinajstić information content (AvgIpc) is 2.57. The Morgan fingerprint density at radius 3 is 2.25 bits per heavy atom. The lowest BCUT2D eigenvalue weighted by Crippen LogP contribution is -2.05. The van der Waals surface area contributed by atoms with Crippen molar-refractivity contribution >= 4 is 5.97 Å². The average molecular weight is 176 g/mol. The van der Waals surface area contributed by atoms with Crippen LogP contribution in [0.1, 0.15) is 19.8 Å². The van der Waals surface area contributed by atoms with E-state index >= 15 is 0 Å². The third-order valence-corrected chi connectivity index (χ3v) is 1.44. The summed E-state index contributed by atoms with van der Waals surface area (Å²) in [6.45, 7) is 2.23. The maximum absolute atomic E-state index is 9.59. The molecule has 0 aromatic heterocycles. The van der Waals surface area contributed by atoms with Crippen LogP contribution in [0.15, 0.2) is 0 Å². The molecule has 0 N–H and O–H groups in total. The molecule has 1 rings (SSSR count). The minimum atomic E-state index is -0.245. The zero-order valence-electron chi connectivity index (χ0n) is 7.83. The topological polar surface area (TPSA) is 44.8 Å². The van der Waals surface area contributed by atoms with Gasteiger partial charge in [-0.05, 0) is 6.42 Å². The summed E-state index contributed by atoms with van der Waals surface area (Å²) in [5, 5.41) is 0. The first-order valence-electron chi connectivity index (χ1n) is 3.89. The second-order valence-corrected chi connectivity index (χ2v) is 2.37. The van der Waals surface area contributed by atoms with Crippen molar-refractivity contribution in [2.45, 2.75) is 26.1 Å². The molecule has 1 aliphatic heterocycles. The Labute approximate surface area is 72.8 Å². The number of carbonyl (C=O) groups excluding carboxylic acids is 1. The Hall–Kier alpha value is -0.610. The van der Waals surface area contributed by atoms with Crippen molar-refractivity contribution in [2.75, 3.05) is 20.8 Å². The van der Waals surface area contributed by atoms with E-state index in [0.717, 1.165) is 19.4 Å². The van der Waals surface area contributed by atoms with E-state index in [-0.39, 0.29) is 12.3 Å². The van der Waals surface area contributed by atoms with Crippen molar-refractivity contribution in [3.63, 3.8) is 0 Å². The Morgan fingerprint density at radius 1 is 1.50 bits per heavy atom. The highest BCUT2D eigenvalue weighted by Gasteiger charge is 2.12. The molecular formula is C8H16O4. The van der Waals surface area contributed by atoms with E-state index in [1.54, 1.807) is 7.11 Å². The van der Waals surface area contributed by atoms with Gasteiger partial charge in [0.2, 0.25) is 0 Å². The minimum Gasteiger partial charge on any atom is -0.469 e. The highest BCUT2D eigenvalue weighted by molar-refractivity contribution is 5.65. The Balaban J connectivity index is 0.000000217. The summed E-state index contributed by atoms with van der Waals surface area (Å²) >= 11 is 0. The van der Waals surface area contributed by atoms with Gasteiger partial charge in [-0.2, -0.15) is 0 Å². The Morgan fingerprint density at radius 2 is 2.08 bits per heavy atom. The molecule has 0 aromatic rings. The second kappa shape index (κ2) is 7.06. The van der Waals surface area contributed by atoms with Crippen LogP contribution in [0.4, 0.5) is 0 Å². The molecule has 1 atom stereocenters. The van der Waals surface area contributed by atoms with Crippen molar-refractivity contribution in [1.82, 2.24) is 0 Å². The number of methoxy groups -OCH3 is 2. The first kappa shape index (κ1) is 11.4. The largest absolute Gasteiger partial charge is 0.469 e. The fourth-order valence-corrected chi connectivity index (χ4v) is 0.734. The van der Waals surface area contributed by atoms with Gasteiger partial charge in [0.15, 0.2) is 6.29 Å². The van der Waals surface area contributed by atoms with E-state index < -0.39 is 0 Å². The molecule has 0 bridgehead atoms. The molecule has 0 radical (unpaired) electrons. The van der Waals surface area contributed by atoms with Gasteiger partial charge in [-0.25, -0.2) is 0 Å². The molecule has 72 valence electrons. The standard InChI is InChI=1S/C5H10O2.C3H6O2/c1-6-5-3-2-4-7-5;1-3(4)5-2/h5H,2-4H2,1H3;1-2H3. The molecule has 4 nitrogen and oxygen atoms in total. The number of hydrogen-bond donors (Lipinski definition) is 0. The molecule has 12 heavy (non-hydrogen) atoms. The van der Waals surface area contributed by atoms with Crippen molar-refractivity contribution in [2.24, 2.45) is 0 Å². The fraction of sp³-hybridized carbons (Fsp3) is 0.875. The van der Waals surface area contributed by atoms with Crippen LogP contribution in [-0.2, 0) is 19.0 Å². The molecule has 4 heteroatoms. The molecule has 0 aromatic carbocycles. The molecule has 0 aliphatic carbocycles. The summed E-state index contributed by atoms with van der Waals surface area (Å²) in [6.07, 6.45) is 2.31. The molecule has 0 spiro atoms. The SMILES string of the molecule is COC(C)=O.COC1CCCO1. The van der Waals surface area contributed by atoms with Gasteiger partial charge >= 0.3 is 5.97 Å². The first-order valence-corrected chi connectivity index (χ1v) is 3.89. The molecule has 1 unspecified atom stereocenters. The summed E-state index contributed by atoms with van der Waals surface area (Å²) in [6, 6.07) is 0. The molecule has 1 aliphatic rings. The third kappa shape index (κ3) is 6.12. The quantitative estimate of drug-likeness (QED) is 0.558. The smallest absolute Gasteiger partial charge is 0.302 e. The highest BCUT2D eigenvalue weighted by atomic mass is 16.7.